The number of hydrogen-bond donors (Lipinski definition) is 1. The van der Waals surface area contributed by atoms with Crippen molar-refractivity contribution in [1.29, 1.82) is 0 Å². The second-order valence-corrected chi connectivity index (χ2v) is 5.38. The summed E-state index contributed by atoms with van der Waals surface area (Å²) in [5, 5.41) is 18.7. The fraction of sp³-hybridized carbons (Fsp3) is 0.0769. The second kappa shape index (κ2) is 7.53. The Hall–Kier alpha value is -2.45. The third-order valence-corrected chi connectivity index (χ3v) is 3.55. The Labute approximate surface area is 134 Å². The standard InChI is InChI=1S/C13H10ClN3O4S/c14-11-4-3-9(6-12(11)17(19)20)16-13(18)8-21-15-7-10-2-1-5-22-10/h1-7H,8H2,(H,16,18). The third kappa shape index (κ3) is 4.54. The maximum atomic E-state index is 11.6. The molecule has 0 bridgehead atoms. The summed E-state index contributed by atoms with van der Waals surface area (Å²) in [5.41, 5.74) is -0.0250. The topological polar surface area (TPSA) is 93.8 Å². The van der Waals surface area contributed by atoms with Crippen LogP contribution in [-0.4, -0.2) is 23.7 Å². The van der Waals surface area contributed by atoms with E-state index in [0.29, 0.717) is 0 Å². The van der Waals surface area contributed by atoms with E-state index in [4.69, 9.17) is 16.4 Å². The van der Waals surface area contributed by atoms with E-state index in [-0.39, 0.29) is 23.0 Å². The van der Waals surface area contributed by atoms with Gasteiger partial charge in [-0.15, -0.1) is 11.3 Å². The fourth-order valence-electron chi connectivity index (χ4n) is 1.48. The molecule has 0 aliphatic carbocycles. The summed E-state index contributed by atoms with van der Waals surface area (Å²) in [6, 6.07) is 7.69. The molecule has 0 unspecified atom stereocenters. The van der Waals surface area contributed by atoms with Gasteiger partial charge in [-0.25, -0.2) is 0 Å². The van der Waals surface area contributed by atoms with Crippen LogP contribution in [0.25, 0.3) is 0 Å². The lowest BCUT2D eigenvalue weighted by Gasteiger charge is -2.04. The van der Waals surface area contributed by atoms with E-state index in [9.17, 15) is 14.9 Å². The highest BCUT2D eigenvalue weighted by Crippen LogP contribution is 2.27. The number of anilines is 1. The number of carbonyl (C=O) groups is 1. The number of halogens is 1. The van der Waals surface area contributed by atoms with Gasteiger partial charge in [-0.1, -0.05) is 22.8 Å². The van der Waals surface area contributed by atoms with Crippen LogP contribution in [0.2, 0.25) is 5.02 Å². The summed E-state index contributed by atoms with van der Waals surface area (Å²) in [5.74, 6) is -0.486. The molecule has 2 aromatic rings. The van der Waals surface area contributed by atoms with E-state index in [2.05, 4.69) is 10.5 Å². The molecule has 7 nitrogen and oxygen atoms in total. The minimum absolute atomic E-state index is 0.000188. The highest BCUT2D eigenvalue weighted by molar-refractivity contribution is 7.11. The lowest BCUT2D eigenvalue weighted by Crippen LogP contribution is -2.17. The van der Waals surface area contributed by atoms with Gasteiger partial charge >= 0.3 is 0 Å². The third-order valence-electron chi connectivity index (χ3n) is 2.42. The molecular weight excluding hydrogens is 330 g/mol. The SMILES string of the molecule is O=C(CON=Cc1cccs1)Nc1ccc(Cl)c([N+](=O)[O-])c1. The normalized spacial score (nSPS) is 10.6. The Bertz CT molecular complexity index is 703. The first-order chi connectivity index (χ1) is 10.6. The summed E-state index contributed by atoms with van der Waals surface area (Å²) in [6.07, 6.45) is 1.49. The van der Waals surface area contributed by atoms with Gasteiger partial charge < -0.3 is 10.2 Å². The predicted octanol–water partition coefficient (Wildman–Crippen LogP) is 3.30. The summed E-state index contributed by atoms with van der Waals surface area (Å²) in [6.45, 7) is -0.307. The molecule has 1 heterocycles. The first-order valence-corrected chi connectivity index (χ1v) is 7.24. The second-order valence-electron chi connectivity index (χ2n) is 3.99. The van der Waals surface area contributed by atoms with E-state index in [1.165, 1.54) is 35.8 Å². The maximum Gasteiger partial charge on any atom is 0.289 e. The van der Waals surface area contributed by atoms with Gasteiger partial charge in [0.25, 0.3) is 11.6 Å². The molecule has 0 radical (unpaired) electrons. The first-order valence-electron chi connectivity index (χ1n) is 5.99. The minimum Gasteiger partial charge on any atom is -0.386 e. The molecule has 0 saturated heterocycles. The van der Waals surface area contributed by atoms with Crippen molar-refractivity contribution in [2.45, 2.75) is 0 Å². The largest absolute Gasteiger partial charge is 0.386 e. The van der Waals surface area contributed by atoms with Crippen LogP contribution < -0.4 is 5.32 Å². The summed E-state index contributed by atoms with van der Waals surface area (Å²) >= 11 is 7.17. The zero-order valence-electron chi connectivity index (χ0n) is 11.1. The van der Waals surface area contributed by atoms with Crippen molar-refractivity contribution in [3.05, 3.63) is 55.7 Å². The van der Waals surface area contributed by atoms with Crippen LogP contribution >= 0.6 is 22.9 Å². The van der Waals surface area contributed by atoms with Gasteiger partial charge in [-0.2, -0.15) is 0 Å². The molecule has 22 heavy (non-hydrogen) atoms. The van der Waals surface area contributed by atoms with Gasteiger partial charge in [0.1, 0.15) is 5.02 Å². The van der Waals surface area contributed by atoms with E-state index in [0.717, 1.165) is 4.88 Å². The van der Waals surface area contributed by atoms with Crippen LogP contribution in [0.4, 0.5) is 11.4 Å². The van der Waals surface area contributed by atoms with Gasteiger partial charge in [0.05, 0.1) is 11.1 Å². The number of rotatable bonds is 6. The number of thiophene rings is 1. The number of nitrogens with zero attached hydrogens (tertiary/aromatic N) is 2. The maximum absolute atomic E-state index is 11.6. The zero-order chi connectivity index (χ0) is 15.9. The molecule has 0 spiro atoms. The number of hydrogen-bond acceptors (Lipinski definition) is 6. The molecule has 0 saturated carbocycles. The number of amides is 1. The van der Waals surface area contributed by atoms with Crippen LogP contribution in [-0.2, 0) is 9.63 Å². The predicted molar refractivity (Wildman–Crippen MR) is 84.6 cm³/mol. The average Bonchev–Trinajstić information content (AvgIpc) is 2.98. The smallest absolute Gasteiger partial charge is 0.289 e. The Morgan fingerprint density at radius 1 is 1.50 bits per heavy atom. The lowest BCUT2D eigenvalue weighted by molar-refractivity contribution is -0.384. The van der Waals surface area contributed by atoms with E-state index < -0.39 is 10.8 Å². The quantitative estimate of drug-likeness (QED) is 0.496. The average molecular weight is 340 g/mol. The summed E-state index contributed by atoms with van der Waals surface area (Å²) in [4.78, 5) is 27.5. The van der Waals surface area contributed by atoms with E-state index in [1.54, 1.807) is 0 Å². The first kappa shape index (κ1) is 15.9. The molecule has 1 N–H and O–H groups in total. The Morgan fingerprint density at radius 2 is 2.32 bits per heavy atom. The van der Waals surface area contributed by atoms with E-state index in [1.807, 2.05) is 17.5 Å². The van der Waals surface area contributed by atoms with Gasteiger partial charge in [0.15, 0.2) is 6.61 Å². The van der Waals surface area contributed by atoms with Crippen molar-refractivity contribution < 1.29 is 14.6 Å². The van der Waals surface area contributed by atoms with Gasteiger partial charge in [0.2, 0.25) is 0 Å². The number of nitrogens with one attached hydrogen (secondary N) is 1. The van der Waals surface area contributed by atoms with Crippen molar-refractivity contribution in [2.24, 2.45) is 5.16 Å². The molecule has 1 aromatic heterocycles. The molecular formula is C13H10ClN3O4S. The zero-order valence-corrected chi connectivity index (χ0v) is 12.6. The molecule has 1 aromatic carbocycles. The highest BCUT2D eigenvalue weighted by Gasteiger charge is 2.13. The fourth-order valence-corrected chi connectivity index (χ4v) is 2.24. The molecule has 9 heteroatoms. The van der Waals surface area contributed by atoms with Crippen molar-refractivity contribution in [1.82, 2.24) is 0 Å². The lowest BCUT2D eigenvalue weighted by atomic mass is 10.3. The highest BCUT2D eigenvalue weighted by atomic mass is 35.5. The number of oxime groups is 1. The molecule has 1 amide bonds. The van der Waals surface area contributed by atoms with Crippen LogP contribution in [0.15, 0.2) is 40.9 Å². The molecule has 114 valence electrons. The number of benzene rings is 1. The molecule has 0 fully saturated rings. The van der Waals surface area contributed by atoms with Crippen LogP contribution in [0.1, 0.15) is 4.88 Å². The number of nitro groups is 1. The summed E-state index contributed by atoms with van der Waals surface area (Å²) in [7, 11) is 0. The van der Waals surface area contributed by atoms with E-state index >= 15 is 0 Å². The van der Waals surface area contributed by atoms with Crippen molar-refractivity contribution >= 4 is 46.4 Å². The number of nitro benzene ring substituents is 1. The molecule has 2 rings (SSSR count). The van der Waals surface area contributed by atoms with Gasteiger partial charge in [-0.3, -0.25) is 14.9 Å². The molecule has 0 atom stereocenters. The van der Waals surface area contributed by atoms with Crippen molar-refractivity contribution in [3.8, 4) is 0 Å². The monoisotopic (exact) mass is 339 g/mol. The minimum atomic E-state index is -0.625. The van der Waals surface area contributed by atoms with Crippen LogP contribution in [0.3, 0.4) is 0 Å². The van der Waals surface area contributed by atoms with Crippen molar-refractivity contribution in [2.75, 3.05) is 11.9 Å². The van der Waals surface area contributed by atoms with Gasteiger partial charge in [0, 0.05) is 16.6 Å². The Morgan fingerprint density at radius 3 is 3.00 bits per heavy atom. The molecule has 0 aliphatic rings. The van der Waals surface area contributed by atoms with Crippen LogP contribution in [0, 0.1) is 10.1 Å². The van der Waals surface area contributed by atoms with Gasteiger partial charge in [-0.05, 0) is 23.6 Å². The molecule has 0 aliphatic heterocycles. The number of carbonyl (C=O) groups excluding carboxylic acids is 1. The summed E-state index contributed by atoms with van der Waals surface area (Å²) < 4.78 is 0. The Kier molecular flexibility index (Phi) is 5.45. The van der Waals surface area contributed by atoms with Crippen LogP contribution in [0.5, 0.6) is 0 Å². The van der Waals surface area contributed by atoms with Crippen molar-refractivity contribution in [3.63, 3.8) is 0 Å². The Balaban J connectivity index is 1.87.